The molecule has 2 aromatic rings. The number of likely N-dealkylation sites (tertiary alicyclic amines) is 1. The third kappa shape index (κ3) is 2.49. The lowest BCUT2D eigenvalue weighted by Gasteiger charge is -2.34. The smallest absolute Gasteiger partial charge is 0.308 e. The number of aromatic nitrogens is 2. The Hall–Kier alpha value is -1.89. The van der Waals surface area contributed by atoms with Gasteiger partial charge >= 0.3 is 5.97 Å². The van der Waals surface area contributed by atoms with E-state index >= 15 is 0 Å². The summed E-state index contributed by atoms with van der Waals surface area (Å²) >= 11 is 1.42. The summed E-state index contributed by atoms with van der Waals surface area (Å²) in [6.45, 7) is 4.83. The number of hydrogen-bond donors (Lipinski definition) is 1. The average Bonchev–Trinajstić information content (AvgIpc) is 3.00. The zero-order valence-corrected chi connectivity index (χ0v) is 13.7. The lowest BCUT2D eigenvalue weighted by atomic mass is 9.90. The van der Waals surface area contributed by atoms with Crippen molar-refractivity contribution < 1.29 is 14.7 Å². The summed E-state index contributed by atoms with van der Waals surface area (Å²) in [5, 5.41) is 14.6. The van der Waals surface area contributed by atoms with E-state index in [0.717, 1.165) is 15.9 Å². The van der Waals surface area contributed by atoms with Crippen LogP contribution in [0.15, 0.2) is 6.07 Å². The zero-order chi connectivity index (χ0) is 16.0. The van der Waals surface area contributed by atoms with Gasteiger partial charge in [-0.2, -0.15) is 5.10 Å². The molecule has 0 aromatic carbocycles. The molecule has 0 bridgehead atoms. The minimum absolute atomic E-state index is 0.0709. The summed E-state index contributed by atoms with van der Waals surface area (Å²) in [6, 6.07) is 1.87. The molecule has 22 heavy (non-hydrogen) atoms. The lowest BCUT2D eigenvalue weighted by Crippen LogP contribution is -2.45. The molecule has 1 fully saturated rings. The molecule has 0 spiro atoms. The number of fused-ring (bicyclic) bond motifs is 1. The van der Waals surface area contributed by atoms with Gasteiger partial charge in [-0.05, 0) is 25.3 Å². The molecule has 6 nitrogen and oxygen atoms in total. The molecule has 1 aliphatic heterocycles. The number of carbonyl (C=O) groups is 2. The number of thiophene rings is 1. The fraction of sp³-hybridized carbons (Fsp3) is 0.533. The molecule has 3 rings (SSSR count). The SMILES string of the molecule is Cc1nn(C)c2sc(C(=O)N3CC(C)CC(C(=O)O)C3)cc12. The first-order valence-electron chi connectivity index (χ1n) is 7.32. The van der Waals surface area contributed by atoms with Crippen LogP contribution in [0.25, 0.3) is 10.2 Å². The number of rotatable bonds is 2. The Morgan fingerprint density at radius 1 is 1.41 bits per heavy atom. The quantitative estimate of drug-likeness (QED) is 0.919. The Morgan fingerprint density at radius 2 is 2.14 bits per heavy atom. The van der Waals surface area contributed by atoms with E-state index in [1.807, 2.05) is 27.0 Å². The number of carboxylic acids is 1. The van der Waals surface area contributed by atoms with Gasteiger partial charge in [-0.1, -0.05) is 6.92 Å². The maximum Gasteiger partial charge on any atom is 0.308 e. The molecule has 3 heterocycles. The average molecular weight is 321 g/mol. The Kier molecular flexibility index (Phi) is 3.68. The van der Waals surface area contributed by atoms with Crippen LogP contribution < -0.4 is 0 Å². The Balaban J connectivity index is 1.88. The third-order valence-corrected chi connectivity index (χ3v) is 5.39. The fourth-order valence-electron chi connectivity index (χ4n) is 3.16. The summed E-state index contributed by atoms with van der Waals surface area (Å²) in [5.41, 5.74) is 0.906. The van der Waals surface area contributed by atoms with Crippen LogP contribution in [0.3, 0.4) is 0 Å². The highest BCUT2D eigenvalue weighted by molar-refractivity contribution is 7.20. The molecule has 1 aliphatic rings. The van der Waals surface area contributed by atoms with Crippen LogP contribution in [0.4, 0.5) is 0 Å². The van der Waals surface area contributed by atoms with Gasteiger partial charge in [0.1, 0.15) is 4.83 Å². The van der Waals surface area contributed by atoms with Crippen molar-refractivity contribution in [1.82, 2.24) is 14.7 Å². The molecule has 0 saturated carbocycles. The first-order valence-corrected chi connectivity index (χ1v) is 8.13. The van der Waals surface area contributed by atoms with Crippen molar-refractivity contribution in [2.75, 3.05) is 13.1 Å². The highest BCUT2D eigenvalue weighted by Gasteiger charge is 2.33. The summed E-state index contributed by atoms with van der Waals surface area (Å²) < 4.78 is 1.78. The number of aliphatic carboxylic acids is 1. The fourth-order valence-corrected chi connectivity index (χ4v) is 4.25. The second-order valence-corrected chi connectivity index (χ2v) is 7.16. The molecule has 1 saturated heterocycles. The molecule has 1 amide bonds. The number of hydrogen-bond acceptors (Lipinski definition) is 4. The first kappa shape index (κ1) is 15.0. The molecule has 2 aromatic heterocycles. The van der Waals surface area contributed by atoms with Gasteiger partial charge in [-0.3, -0.25) is 14.3 Å². The maximum atomic E-state index is 12.7. The zero-order valence-electron chi connectivity index (χ0n) is 12.9. The van der Waals surface area contributed by atoms with E-state index in [4.69, 9.17) is 0 Å². The van der Waals surface area contributed by atoms with Gasteiger partial charge in [-0.15, -0.1) is 11.3 Å². The van der Waals surface area contributed by atoms with Gasteiger partial charge in [0.15, 0.2) is 0 Å². The van der Waals surface area contributed by atoms with E-state index in [1.54, 1.807) is 9.58 Å². The number of aryl methyl sites for hydroxylation is 2. The monoisotopic (exact) mass is 321 g/mol. The molecule has 0 radical (unpaired) electrons. The van der Waals surface area contributed by atoms with Crippen LogP contribution in [0, 0.1) is 18.8 Å². The summed E-state index contributed by atoms with van der Waals surface area (Å²) in [4.78, 5) is 27.3. The van der Waals surface area contributed by atoms with Gasteiger partial charge < -0.3 is 10.0 Å². The standard InChI is InChI=1S/C15H19N3O3S/c1-8-4-10(15(20)21)7-18(6-8)13(19)12-5-11-9(2)16-17(3)14(11)22-12/h5,8,10H,4,6-7H2,1-3H3,(H,20,21). The van der Waals surface area contributed by atoms with Crippen molar-refractivity contribution in [2.24, 2.45) is 18.9 Å². The number of nitrogens with zero attached hydrogens (tertiary/aromatic N) is 3. The Bertz CT molecular complexity index is 714. The number of amides is 1. The molecule has 0 aliphatic carbocycles. The Labute approximate surface area is 132 Å². The molecular formula is C15H19N3O3S. The molecule has 2 atom stereocenters. The number of carbonyl (C=O) groups excluding carboxylic acids is 1. The van der Waals surface area contributed by atoms with Crippen molar-refractivity contribution in [1.29, 1.82) is 0 Å². The third-order valence-electron chi connectivity index (χ3n) is 4.20. The van der Waals surface area contributed by atoms with Crippen LogP contribution in [-0.2, 0) is 11.8 Å². The van der Waals surface area contributed by atoms with Crippen molar-refractivity contribution in [2.45, 2.75) is 20.3 Å². The predicted octanol–water partition coefficient (Wildman–Crippen LogP) is 2.13. The van der Waals surface area contributed by atoms with Crippen LogP contribution in [0.5, 0.6) is 0 Å². The van der Waals surface area contributed by atoms with Crippen molar-refractivity contribution in [3.05, 3.63) is 16.6 Å². The highest BCUT2D eigenvalue weighted by Crippen LogP contribution is 2.30. The largest absolute Gasteiger partial charge is 0.481 e. The maximum absolute atomic E-state index is 12.7. The normalized spacial score (nSPS) is 22.2. The van der Waals surface area contributed by atoms with Gasteiger partial charge in [-0.25, -0.2) is 0 Å². The first-order chi connectivity index (χ1) is 10.4. The van der Waals surface area contributed by atoms with Gasteiger partial charge in [0, 0.05) is 25.5 Å². The number of carboxylic acid groups (broad SMARTS) is 1. The topological polar surface area (TPSA) is 75.4 Å². The van der Waals surface area contributed by atoms with Gasteiger partial charge in [0.25, 0.3) is 5.91 Å². The van der Waals surface area contributed by atoms with Crippen LogP contribution >= 0.6 is 11.3 Å². The van der Waals surface area contributed by atoms with Crippen LogP contribution in [0.1, 0.15) is 28.7 Å². The number of piperidine rings is 1. The summed E-state index contributed by atoms with van der Waals surface area (Å²) in [5.74, 6) is -1.15. The van der Waals surface area contributed by atoms with E-state index in [-0.39, 0.29) is 11.8 Å². The van der Waals surface area contributed by atoms with E-state index in [0.29, 0.717) is 24.4 Å². The minimum Gasteiger partial charge on any atom is -0.481 e. The minimum atomic E-state index is -0.819. The molecule has 1 N–H and O–H groups in total. The predicted molar refractivity (Wildman–Crippen MR) is 84.1 cm³/mol. The molecule has 2 unspecified atom stereocenters. The van der Waals surface area contributed by atoms with Crippen LogP contribution in [0.2, 0.25) is 0 Å². The van der Waals surface area contributed by atoms with Crippen molar-refractivity contribution in [3.63, 3.8) is 0 Å². The van der Waals surface area contributed by atoms with E-state index in [9.17, 15) is 14.7 Å². The highest BCUT2D eigenvalue weighted by atomic mass is 32.1. The summed E-state index contributed by atoms with van der Waals surface area (Å²) in [7, 11) is 1.86. The van der Waals surface area contributed by atoms with E-state index in [2.05, 4.69) is 5.10 Å². The van der Waals surface area contributed by atoms with Gasteiger partial charge in [0.05, 0.1) is 16.5 Å². The van der Waals surface area contributed by atoms with E-state index in [1.165, 1.54) is 11.3 Å². The molecule has 7 heteroatoms. The second kappa shape index (κ2) is 5.39. The van der Waals surface area contributed by atoms with Crippen molar-refractivity contribution >= 4 is 33.4 Å². The van der Waals surface area contributed by atoms with E-state index < -0.39 is 11.9 Å². The van der Waals surface area contributed by atoms with Gasteiger partial charge in [0.2, 0.25) is 0 Å². The second-order valence-electron chi connectivity index (χ2n) is 6.12. The molecule has 118 valence electrons. The Morgan fingerprint density at radius 3 is 2.77 bits per heavy atom. The summed E-state index contributed by atoms with van der Waals surface area (Å²) in [6.07, 6.45) is 0.633. The van der Waals surface area contributed by atoms with Crippen LogP contribution in [-0.4, -0.2) is 44.8 Å². The molecular weight excluding hydrogens is 302 g/mol. The lowest BCUT2D eigenvalue weighted by molar-refractivity contribution is -0.143. The van der Waals surface area contributed by atoms with Crippen molar-refractivity contribution in [3.8, 4) is 0 Å².